The van der Waals surface area contributed by atoms with E-state index in [-0.39, 0.29) is 3.87 Å². The standard InChI is InChI=1S/C8H3F6.2C5H5.Ti/c9-7(10,11)5-3-1-2-4-6(5)8(12,13)14;2*1-2-4-5-3-1;/h1-3H;2*1-3H,4H2;. The van der Waals surface area contributed by atoms with Crippen LogP contribution in [0.5, 0.6) is 0 Å². The van der Waals surface area contributed by atoms with Gasteiger partial charge in [0, 0.05) is 0 Å². The first-order valence-corrected chi connectivity index (χ1v) is 9.90. The van der Waals surface area contributed by atoms with E-state index in [1.54, 1.807) is 24.3 Å². The van der Waals surface area contributed by atoms with E-state index in [1.165, 1.54) is 6.07 Å². The van der Waals surface area contributed by atoms with Crippen molar-refractivity contribution < 1.29 is 44.2 Å². The van der Waals surface area contributed by atoms with Crippen molar-refractivity contribution in [3.05, 3.63) is 73.5 Å². The van der Waals surface area contributed by atoms with Gasteiger partial charge in [-0.1, -0.05) is 0 Å². The molecule has 1 aromatic carbocycles. The van der Waals surface area contributed by atoms with Gasteiger partial charge >= 0.3 is 147 Å². The summed E-state index contributed by atoms with van der Waals surface area (Å²) in [5, 5.41) is 0. The van der Waals surface area contributed by atoms with Gasteiger partial charge in [0.25, 0.3) is 0 Å². The average Bonchev–Trinajstić information content (AvgIpc) is 3.19. The number of halogens is 6. The van der Waals surface area contributed by atoms with Gasteiger partial charge in [-0.2, -0.15) is 0 Å². The van der Waals surface area contributed by atoms with Crippen molar-refractivity contribution in [2.45, 2.75) is 25.2 Å². The molecule has 25 heavy (non-hydrogen) atoms. The predicted molar refractivity (Wildman–Crippen MR) is 79.8 cm³/mol. The Morgan fingerprint density at radius 2 is 1.32 bits per heavy atom. The van der Waals surface area contributed by atoms with Gasteiger partial charge in [0.15, 0.2) is 0 Å². The zero-order valence-corrected chi connectivity index (χ0v) is 14.4. The van der Waals surface area contributed by atoms with Gasteiger partial charge < -0.3 is 0 Å². The molecule has 0 aliphatic heterocycles. The van der Waals surface area contributed by atoms with E-state index >= 15 is 0 Å². The molecular weight excluding hydrogens is 378 g/mol. The van der Waals surface area contributed by atoms with Crippen LogP contribution in [0.2, 0.25) is 0 Å². The summed E-state index contributed by atoms with van der Waals surface area (Å²) in [6, 6.07) is 2.84. The second kappa shape index (κ2) is 6.65. The average molecular weight is 391 g/mol. The van der Waals surface area contributed by atoms with Crippen LogP contribution < -0.4 is 3.87 Å². The van der Waals surface area contributed by atoms with Gasteiger partial charge in [0.1, 0.15) is 0 Å². The molecule has 3 rings (SSSR count). The third kappa shape index (κ3) is 3.70. The van der Waals surface area contributed by atoms with E-state index in [4.69, 9.17) is 0 Å². The van der Waals surface area contributed by atoms with E-state index in [9.17, 15) is 26.3 Å². The second-order valence-corrected chi connectivity index (χ2v) is 9.77. The van der Waals surface area contributed by atoms with Crippen LogP contribution in [0.25, 0.3) is 0 Å². The number of rotatable bonds is 3. The number of benzene rings is 1. The Morgan fingerprint density at radius 3 is 1.72 bits per heavy atom. The molecule has 0 N–H and O–H groups in total. The molecule has 131 valence electrons. The molecule has 2 aliphatic rings. The van der Waals surface area contributed by atoms with Crippen molar-refractivity contribution >= 4 is 3.87 Å². The molecule has 2 aliphatic carbocycles. The molecule has 0 saturated carbocycles. The molecule has 0 amide bonds. The monoisotopic (exact) mass is 391 g/mol. The number of hydrogen-bond donors (Lipinski definition) is 0. The predicted octanol–water partition coefficient (Wildman–Crippen LogP) is 5.66. The number of allylic oxidation sites excluding steroid dienone is 8. The van der Waals surface area contributed by atoms with Crippen LogP contribution in [-0.2, 0) is 30.2 Å². The molecule has 1 aromatic rings. The van der Waals surface area contributed by atoms with Crippen molar-refractivity contribution in [3.63, 3.8) is 0 Å². The Morgan fingerprint density at radius 1 is 0.760 bits per heavy atom. The van der Waals surface area contributed by atoms with Crippen molar-refractivity contribution in [2.24, 2.45) is 0 Å². The van der Waals surface area contributed by atoms with E-state index in [0.29, 0.717) is 18.9 Å². The number of hydrogen-bond acceptors (Lipinski definition) is 0. The van der Waals surface area contributed by atoms with E-state index in [2.05, 4.69) is 0 Å². The van der Waals surface area contributed by atoms with Gasteiger partial charge in [-0.05, 0) is 0 Å². The van der Waals surface area contributed by atoms with Crippen LogP contribution >= 0.6 is 0 Å². The Hall–Kier alpha value is -1.53. The maximum atomic E-state index is 13.6. The summed E-state index contributed by atoms with van der Waals surface area (Å²) in [4.78, 5) is 0. The summed E-state index contributed by atoms with van der Waals surface area (Å²) in [5.74, 6) is 0. The first-order valence-electron chi connectivity index (χ1n) is 7.56. The first-order chi connectivity index (χ1) is 11.7. The summed E-state index contributed by atoms with van der Waals surface area (Å²) >= 11 is -2.91. The minimum atomic E-state index is -5.06. The fourth-order valence-corrected chi connectivity index (χ4v) is 7.90. The fraction of sp³-hybridized carbons (Fsp3) is 0.222. The molecule has 0 radical (unpaired) electrons. The summed E-state index contributed by atoms with van der Waals surface area (Å²) in [6.45, 7) is 0. The van der Waals surface area contributed by atoms with Gasteiger partial charge in [-0.15, -0.1) is 0 Å². The summed E-state index contributed by atoms with van der Waals surface area (Å²) in [7, 11) is 0. The van der Waals surface area contributed by atoms with Gasteiger partial charge in [0.05, 0.1) is 0 Å². The second-order valence-electron chi connectivity index (χ2n) is 5.75. The topological polar surface area (TPSA) is 0 Å². The molecular formula is C18H13F6Ti. The minimum absolute atomic E-state index is 0.174. The SMILES string of the molecule is FC(F)(F)c1ccc[c]([Ti]([C]2=CC=CC2)[C]2=CC=CC2)c1C(F)(F)F. The fourth-order valence-electron chi connectivity index (χ4n) is 3.12. The van der Waals surface area contributed by atoms with Crippen LogP contribution in [0.3, 0.4) is 0 Å². The summed E-state index contributed by atoms with van der Waals surface area (Å²) < 4.78 is 82.1. The summed E-state index contributed by atoms with van der Waals surface area (Å²) in [5.41, 5.74) is -3.11. The quantitative estimate of drug-likeness (QED) is 0.461. The van der Waals surface area contributed by atoms with Crippen molar-refractivity contribution in [1.29, 1.82) is 0 Å². The molecule has 0 saturated heterocycles. The van der Waals surface area contributed by atoms with Crippen molar-refractivity contribution in [3.8, 4) is 0 Å². The molecule has 0 aromatic heterocycles. The van der Waals surface area contributed by atoms with E-state index < -0.39 is 41.4 Å². The maximum absolute atomic E-state index is 13.6. The third-order valence-corrected chi connectivity index (χ3v) is 8.76. The van der Waals surface area contributed by atoms with Crippen molar-refractivity contribution in [2.75, 3.05) is 0 Å². The van der Waals surface area contributed by atoms with Crippen LogP contribution in [-0.4, -0.2) is 0 Å². The molecule has 0 fully saturated rings. The molecule has 0 bridgehead atoms. The van der Waals surface area contributed by atoms with E-state index in [0.717, 1.165) is 13.8 Å². The molecule has 0 atom stereocenters. The Balaban J connectivity index is 2.23. The Labute approximate surface area is 147 Å². The number of alkyl halides is 6. The molecule has 0 spiro atoms. The van der Waals surface area contributed by atoms with Gasteiger partial charge in [0.2, 0.25) is 0 Å². The summed E-state index contributed by atoms with van der Waals surface area (Å²) in [6.07, 6.45) is 1.58. The zero-order valence-electron chi connectivity index (χ0n) is 12.9. The first kappa shape index (κ1) is 18.3. The molecule has 0 heterocycles. The van der Waals surface area contributed by atoms with Crippen LogP contribution in [0.4, 0.5) is 26.3 Å². The van der Waals surface area contributed by atoms with E-state index in [1.807, 2.05) is 12.2 Å². The van der Waals surface area contributed by atoms with Crippen LogP contribution in [0.15, 0.2) is 62.4 Å². The third-order valence-electron chi connectivity index (χ3n) is 4.11. The molecule has 7 heteroatoms. The Bertz CT molecular complexity index is 763. The molecule has 0 unspecified atom stereocenters. The molecule has 0 nitrogen and oxygen atoms in total. The van der Waals surface area contributed by atoms with Crippen molar-refractivity contribution in [1.82, 2.24) is 0 Å². The zero-order chi connectivity index (χ0) is 18.2. The normalized spacial score (nSPS) is 17.0. The Kier molecular flexibility index (Phi) is 4.86. The van der Waals surface area contributed by atoms with Gasteiger partial charge in [-0.3, -0.25) is 0 Å². The van der Waals surface area contributed by atoms with Crippen LogP contribution in [0, 0.1) is 0 Å². The van der Waals surface area contributed by atoms with Gasteiger partial charge in [-0.25, -0.2) is 0 Å². The van der Waals surface area contributed by atoms with Crippen LogP contribution in [0.1, 0.15) is 24.0 Å².